The summed E-state index contributed by atoms with van der Waals surface area (Å²) in [4.78, 5) is 8.78. The normalized spacial score (nSPS) is 30.1. The summed E-state index contributed by atoms with van der Waals surface area (Å²) in [5.41, 5.74) is 6.02. The van der Waals surface area contributed by atoms with Gasteiger partial charge in [0.2, 0.25) is 6.29 Å². The first kappa shape index (κ1) is 10.3. The Kier molecular flexibility index (Phi) is 2.15. The molecule has 0 bridgehead atoms. The zero-order chi connectivity index (χ0) is 11.2. The Morgan fingerprint density at radius 1 is 1.40 bits per heavy atom. The lowest BCUT2D eigenvalue weighted by atomic mass is 10.1. The van der Waals surface area contributed by atoms with Crippen LogP contribution in [0.25, 0.3) is 0 Å². The Balaban J connectivity index is 2.28. The van der Waals surface area contributed by atoms with Crippen LogP contribution in [-0.2, 0) is 0 Å². The van der Waals surface area contributed by atoms with E-state index in [4.69, 9.17) is 5.73 Å². The predicted octanol–water partition coefficient (Wildman–Crippen LogP) is 0.421. The van der Waals surface area contributed by atoms with E-state index in [9.17, 15) is 0 Å². The first-order valence-corrected chi connectivity index (χ1v) is 5.20. The lowest BCUT2D eigenvalue weighted by Gasteiger charge is -2.42. The van der Waals surface area contributed by atoms with Gasteiger partial charge in [-0.1, -0.05) is 0 Å². The summed E-state index contributed by atoms with van der Waals surface area (Å²) in [6.07, 6.45) is 3.86. The van der Waals surface area contributed by atoms with Crippen LogP contribution in [0, 0.1) is 0 Å². The van der Waals surface area contributed by atoms with Gasteiger partial charge in [-0.2, -0.15) is 0 Å². The van der Waals surface area contributed by atoms with Gasteiger partial charge in [0.1, 0.15) is 5.84 Å². The molecule has 0 saturated carbocycles. The molecule has 2 rings (SSSR count). The van der Waals surface area contributed by atoms with Crippen LogP contribution < -0.4 is 11.1 Å². The number of rotatable bonds is 0. The molecule has 0 radical (unpaired) electrons. The Morgan fingerprint density at radius 2 is 2.07 bits per heavy atom. The van der Waals surface area contributed by atoms with Crippen molar-refractivity contribution in [3.05, 3.63) is 12.4 Å². The lowest BCUT2D eigenvalue weighted by molar-refractivity contribution is 0.0502. The van der Waals surface area contributed by atoms with Gasteiger partial charge in [-0.05, 0) is 27.7 Å². The maximum Gasteiger partial charge on any atom is 0.203 e. The summed E-state index contributed by atoms with van der Waals surface area (Å²) >= 11 is 0. The monoisotopic (exact) mass is 209 g/mol. The summed E-state index contributed by atoms with van der Waals surface area (Å²) < 4.78 is 0. The highest BCUT2D eigenvalue weighted by atomic mass is 15.6. The highest BCUT2D eigenvalue weighted by Crippen LogP contribution is 2.27. The number of amidine groups is 1. The average Bonchev–Trinajstić information content (AvgIpc) is 2.45. The highest BCUT2D eigenvalue weighted by molar-refractivity contribution is 5.80. The van der Waals surface area contributed by atoms with Crippen molar-refractivity contribution < 1.29 is 0 Å². The molecule has 5 nitrogen and oxygen atoms in total. The molecule has 15 heavy (non-hydrogen) atoms. The Bertz CT molecular complexity index is 314. The molecular formula is C10H19N5. The molecule has 0 fully saturated rings. The van der Waals surface area contributed by atoms with Crippen molar-refractivity contribution in [1.29, 1.82) is 0 Å². The van der Waals surface area contributed by atoms with Gasteiger partial charge in [-0.25, -0.2) is 4.99 Å². The van der Waals surface area contributed by atoms with Gasteiger partial charge in [0.25, 0.3) is 0 Å². The van der Waals surface area contributed by atoms with Gasteiger partial charge in [-0.15, -0.1) is 0 Å². The molecule has 2 atom stereocenters. The van der Waals surface area contributed by atoms with Crippen LogP contribution in [0.4, 0.5) is 0 Å². The van der Waals surface area contributed by atoms with Crippen molar-refractivity contribution in [1.82, 2.24) is 15.1 Å². The summed E-state index contributed by atoms with van der Waals surface area (Å²) in [5, 5.41) is 3.10. The minimum atomic E-state index is -0.184. The van der Waals surface area contributed by atoms with E-state index in [0.29, 0.717) is 0 Å². The van der Waals surface area contributed by atoms with Crippen molar-refractivity contribution in [3.63, 3.8) is 0 Å². The van der Waals surface area contributed by atoms with Gasteiger partial charge in [0, 0.05) is 17.9 Å². The van der Waals surface area contributed by atoms with Crippen molar-refractivity contribution in [3.8, 4) is 0 Å². The van der Waals surface area contributed by atoms with Crippen LogP contribution in [0.3, 0.4) is 0 Å². The van der Waals surface area contributed by atoms with Crippen LogP contribution in [0.2, 0.25) is 0 Å². The summed E-state index contributed by atoms with van der Waals surface area (Å²) in [5.74, 6) is 0.890. The van der Waals surface area contributed by atoms with Gasteiger partial charge < -0.3 is 15.1 Å². The molecule has 0 aromatic carbocycles. The number of nitrogens with zero attached hydrogens (tertiary/aromatic N) is 3. The number of nitrogens with two attached hydrogens (primary N) is 1. The van der Waals surface area contributed by atoms with E-state index in [1.54, 1.807) is 0 Å². The maximum absolute atomic E-state index is 5.97. The standard InChI is InChI=1S/C10H19N5/c1-7-12-8(11)14-5-6-15(9(14)13-7)10(2,3)4/h5-6,8-9H,11H2,1-4H3,(H,12,13). The Labute approximate surface area is 90.6 Å². The molecule has 0 aliphatic carbocycles. The summed E-state index contributed by atoms with van der Waals surface area (Å²) in [6, 6.07) is 0. The fourth-order valence-electron chi connectivity index (χ4n) is 1.88. The first-order chi connectivity index (χ1) is 6.89. The molecule has 0 aromatic rings. The predicted molar refractivity (Wildman–Crippen MR) is 60.6 cm³/mol. The van der Waals surface area contributed by atoms with E-state index in [1.807, 2.05) is 24.2 Å². The smallest absolute Gasteiger partial charge is 0.203 e. The second-order valence-electron chi connectivity index (χ2n) is 4.97. The fraction of sp³-hybridized carbons (Fsp3) is 0.700. The topological polar surface area (TPSA) is 56.9 Å². The van der Waals surface area contributed by atoms with Crippen molar-refractivity contribution in [2.75, 3.05) is 0 Å². The van der Waals surface area contributed by atoms with Crippen molar-refractivity contribution >= 4 is 5.84 Å². The SMILES string of the molecule is CC1=NC2N(C=CN2C(C)(C)C)C(N)N1. The quantitative estimate of drug-likeness (QED) is 0.607. The largest absolute Gasteiger partial charge is 0.342 e. The molecule has 0 amide bonds. The van der Waals surface area contributed by atoms with E-state index in [2.05, 4.69) is 36.0 Å². The van der Waals surface area contributed by atoms with Crippen LogP contribution in [-0.4, -0.2) is 33.8 Å². The van der Waals surface area contributed by atoms with E-state index < -0.39 is 0 Å². The van der Waals surface area contributed by atoms with E-state index in [1.165, 1.54) is 0 Å². The van der Waals surface area contributed by atoms with Crippen LogP contribution >= 0.6 is 0 Å². The van der Waals surface area contributed by atoms with Gasteiger partial charge in [0.05, 0.1) is 0 Å². The van der Waals surface area contributed by atoms with Crippen LogP contribution in [0.1, 0.15) is 27.7 Å². The fourth-order valence-corrected chi connectivity index (χ4v) is 1.88. The van der Waals surface area contributed by atoms with E-state index in [0.717, 1.165) is 5.84 Å². The zero-order valence-corrected chi connectivity index (χ0v) is 9.73. The third-order valence-corrected chi connectivity index (χ3v) is 2.68. The van der Waals surface area contributed by atoms with Gasteiger partial charge >= 0.3 is 0 Å². The third-order valence-electron chi connectivity index (χ3n) is 2.68. The number of fused-ring (bicyclic) bond motifs is 1. The second kappa shape index (κ2) is 3.13. The summed E-state index contributed by atoms with van der Waals surface area (Å²) in [6.45, 7) is 8.44. The van der Waals surface area contributed by atoms with E-state index >= 15 is 0 Å². The molecule has 0 spiro atoms. The third kappa shape index (κ3) is 1.67. The molecule has 2 unspecified atom stereocenters. The summed E-state index contributed by atoms with van der Waals surface area (Å²) in [7, 11) is 0. The van der Waals surface area contributed by atoms with Crippen molar-refractivity contribution in [2.24, 2.45) is 10.7 Å². The Morgan fingerprint density at radius 3 is 2.67 bits per heavy atom. The second-order valence-corrected chi connectivity index (χ2v) is 4.97. The lowest BCUT2D eigenvalue weighted by Crippen LogP contribution is -2.61. The number of hydrogen-bond donors (Lipinski definition) is 2. The zero-order valence-electron chi connectivity index (χ0n) is 9.73. The van der Waals surface area contributed by atoms with Gasteiger partial charge in [0.15, 0.2) is 6.29 Å². The first-order valence-electron chi connectivity index (χ1n) is 5.20. The van der Waals surface area contributed by atoms with Gasteiger partial charge in [-0.3, -0.25) is 5.73 Å². The molecule has 0 aromatic heterocycles. The molecule has 0 saturated heterocycles. The molecule has 3 N–H and O–H groups in total. The van der Waals surface area contributed by atoms with E-state index in [-0.39, 0.29) is 18.1 Å². The molecule has 2 aliphatic rings. The minimum absolute atomic E-state index is 0.00116. The van der Waals surface area contributed by atoms with Crippen LogP contribution in [0.15, 0.2) is 17.4 Å². The highest BCUT2D eigenvalue weighted by Gasteiger charge is 2.37. The molecule has 2 heterocycles. The number of nitrogens with one attached hydrogen (secondary N) is 1. The Hall–Kier alpha value is -1.23. The minimum Gasteiger partial charge on any atom is -0.342 e. The number of aliphatic imine (C=N–C) groups is 1. The van der Waals surface area contributed by atoms with Crippen molar-refractivity contribution in [2.45, 2.75) is 45.8 Å². The molecular weight excluding hydrogens is 190 g/mol. The molecule has 2 aliphatic heterocycles. The average molecular weight is 209 g/mol. The van der Waals surface area contributed by atoms with Crippen LogP contribution in [0.5, 0.6) is 0 Å². The number of hydrogen-bond acceptors (Lipinski definition) is 5. The maximum atomic E-state index is 5.97. The molecule has 5 heteroatoms. The molecule has 84 valence electrons.